The highest BCUT2D eigenvalue weighted by Gasteiger charge is 2.26. The largest absolute Gasteiger partial charge is 0.480 e. The maximum absolute atomic E-state index is 11.8. The molecule has 2 heterocycles. The molecule has 0 unspecified atom stereocenters. The summed E-state index contributed by atoms with van der Waals surface area (Å²) < 4.78 is 3.69. The van der Waals surface area contributed by atoms with E-state index < -0.39 is 12.0 Å². The third-order valence-electron chi connectivity index (χ3n) is 4.10. The number of aliphatic carboxylic acids is 1. The van der Waals surface area contributed by atoms with Gasteiger partial charge < -0.3 is 9.67 Å². The van der Waals surface area contributed by atoms with Gasteiger partial charge in [-0.15, -0.1) is 0 Å². The van der Waals surface area contributed by atoms with Gasteiger partial charge in [0.25, 0.3) is 0 Å². The van der Waals surface area contributed by atoms with Crippen LogP contribution in [0.2, 0.25) is 0 Å². The molecule has 0 aliphatic rings. The molecule has 1 N–H and O–H groups in total. The molecular formula is C18H21N5O2. The highest BCUT2D eigenvalue weighted by Crippen LogP contribution is 2.19. The quantitative estimate of drug-likeness (QED) is 0.678. The zero-order chi connectivity index (χ0) is 17.6. The third kappa shape index (κ3) is 4.33. The Hall–Kier alpha value is -2.93. The second kappa shape index (κ2) is 7.76. The lowest BCUT2D eigenvalue weighted by molar-refractivity contribution is -0.143. The molecule has 0 bridgehead atoms. The van der Waals surface area contributed by atoms with Gasteiger partial charge in [-0.3, -0.25) is 14.4 Å². The summed E-state index contributed by atoms with van der Waals surface area (Å²) in [5.41, 5.74) is 1.80. The Bertz CT molecular complexity index is 798. The molecule has 0 radical (unpaired) electrons. The summed E-state index contributed by atoms with van der Waals surface area (Å²) in [6.07, 6.45) is 8.74. The predicted molar refractivity (Wildman–Crippen MR) is 93.0 cm³/mol. The molecule has 0 saturated carbocycles. The van der Waals surface area contributed by atoms with Crippen LogP contribution in [0.1, 0.15) is 17.2 Å². The van der Waals surface area contributed by atoms with Gasteiger partial charge >= 0.3 is 5.97 Å². The van der Waals surface area contributed by atoms with Crippen LogP contribution in [0.25, 0.3) is 0 Å². The lowest BCUT2D eigenvalue weighted by atomic mass is 10.1. The Morgan fingerprint density at radius 2 is 2.12 bits per heavy atom. The minimum atomic E-state index is -0.882. The summed E-state index contributed by atoms with van der Waals surface area (Å²) in [5, 5.41) is 14.0. The van der Waals surface area contributed by atoms with E-state index >= 15 is 0 Å². The molecule has 0 saturated heterocycles. The molecule has 130 valence electrons. The summed E-state index contributed by atoms with van der Waals surface area (Å²) >= 11 is 0. The molecule has 3 aromatic rings. The van der Waals surface area contributed by atoms with Crippen molar-refractivity contribution in [2.24, 2.45) is 0 Å². The number of nitrogens with zero attached hydrogens (tertiary/aromatic N) is 5. The summed E-state index contributed by atoms with van der Waals surface area (Å²) in [6, 6.07) is 9.23. The second-order valence-corrected chi connectivity index (χ2v) is 5.98. The Balaban J connectivity index is 1.69. The van der Waals surface area contributed by atoms with Crippen molar-refractivity contribution in [1.29, 1.82) is 0 Å². The standard InChI is InChI=1S/C18H21N5O2/c1-21(9-10-22-8-7-19-14-22)17(18(24)25)16-11-20-23(13-16)12-15-5-3-2-4-6-15/h2-8,11,13-14,17H,9-10,12H2,1H3,(H,24,25)/t17-/m0/s1. The van der Waals surface area contributed by atoms with Crippen LogP contribution in [0.4, 0.5) is 0 Å². The first-order chi connectivity index (χ1) is 12.1. The lowest BCUT2D eigenvalue weighted by Gasteiger charge is -2.23. The van der Waals surface area contributed by atoms with E-state index in [2.05, 4.69) is 10.1 Å². The summed E-state index contributed by atoms with van der Waals surface area (Å²) in [6.45, 7) is 1.89. The fraction of sp³-hybridized carbons (Fsp3) is 0.278. The van der Waals surface area contributed by atoms with Gasteiger partial charge in [0, 0.05) is 37.2 Å². The van der Waals surface area contributed by atoms with Crippen LogP contribution in [-0.4, -0.2) is 48.9 Å². The predicted octanol–water partition coefficient (Wildman–Crippen LogP) is 1.89. The molecule has 2 aromatic heterocycles. The zero-order valence-electron chi connectivity index (χ0n) is 14.1. The van der Waals surface area contributed by atoms with Crippen molar-refractivity contribution in [3.05, 3.63) is 72.6 Å². The van der Waals surface area contributed by atoms with Crippen LogP contribution >= 0.6 is 0 Å². The zero-order valence-corrected chi connectivity index (χ0v) is 14.1. The normalized spacial score (nSPS) is 12.4. The Morgan fingerprint density at radius 1 is 1.32 bits per heavy atom. The molecule has 25 heavy (non-hydrogen) atoms. The van der Waals surface area contributed by atoms with Gasteiger partial charge in [-0.2, -0.15) is 5.10 Å². The van der Waals surface area contributed by atoms with Gasteiger partial charge in [-0.05, 0) is 12.6 Å². The fourth-order valence-electron chi connectivity index (χ4n) is 2.78. The maximum atomic E-state index is 11.8. The first kappa shape index (κ1) is 16.9. The maximum Gasteiger partial charge on any atom is 0.325 e. The second-order valence-electron chi connectivity index (χ2n) is 5.98. The van der Waals surface area contributed by atoms with Crippen LogP contribution in [-0.2, 0) is 17.9 Å². The van der Waals surface area contributed by atoms with Gasteiger partial charge in [0.2, 0.25) is 0 Å². The molecule has 0 aliphatic heterocycles. The van der Waals surface area contributed by atoms with Gasteiger partial charge in [0.15, 0.2) is 0 Å². The van der Waals surface area contributed by atoms with E-state index in [9.17, 15) is 9.90 Å². The van der Waals surface area contributed by atoms with E-state index in [-0.39, 0.29) is 0 Å². The van der Waals surface area contributed by atoms with Crippen molar-refractivity contribution < 1.29 is 9.90 Å². The van der Waals surface area contributed by atoms with E-state index in [1.807, 2.05) is 53.0 Å². The number of rotatable bonds is 8. The van der Waals surface area contributed by atoms with E-state index in [0.717, 1.165) is 5.56 Å². The topological polar surface area (TPSA) is 76.2 Å². The van der Waals surface area contributed by atoms with E-state index in [4.69, 9.17) is 0 Å². The first-order valence-electron chi connectivity index (χ1n) is 8.08. The number of likely N-dealkylation sites (N-methyl/N-ethyl adjacent to an activating group) is 1. The Kier molecular flexibility index (Phi) is 5.25. The van der Waals surface area contributed by atoms with Crippen LogP contribution < -0.4 is 0 Å². The first-order valence-corrected chi connectivity index (χ1v) is 8.08. The molecule has 7 nitrogen and oxygen atoms in total. The molecule has 7 heteroatoms. The Labute approximate surface area is 146 Å². The number of aromatic nitrogens is 4. The van der Waals surface area contributed by atoms with Gasteiger partial charge in [-0.25, -0.2) is 4.98 Å². The number of hydrogen-bond acceptors (Lipinski definition) is 4. The number of hydrogen-bond donors (Lipinski definition) is 1. The Morgan fingerprint density at radius 3 is 2.80 bits per heavy atom. The fourth-order valence-corrected chi connectivity index (χ4v) is 2.78. The minimum Gasteiger partial charge on any atom is -0.480 e. The highest BCUT2D eigenvalue weighted by molar-refractivity contribution is 5.75. The SMILES string of the molecule is CN(CCn1ccnc1)[C@H](C(=O)O)c1cnn(Cc2ccccc2)c1. The van der Waals surface area contributed by atoms with E-state index in [1.54, 1.807) is 29.6 Å². The van der Waals surface area contributed by atoms with Crippen molar-refractivity contribution in [3.8, 4) is 0 Å². The van der Waals surface area contributed by atoms with Crippen molar-refractivity contribution in [1.82, 2.24) is 24.2 Å². The molecule has 0 spiro atoms. The molecular weight excluding hydrogens is 318 g/mol. The number of carbonyl (C=O) groups is 1. The smallest absolute Gasteiger partial charge is 0.325 e. The van der Waals surface area contributed by atoms with Crippen LogP contribution in [0.5, 0.6) is 0 Å². The number of carboxylic acids is 1. The molecule has 0 aliphatic carbocycles. The average molecular weight is 339 g/mol. The molecule has 1 atom stereocenters. The number of benzene rings is 1. The third-order valence-corrected chi connectivity index (χ3v) is 4.10. The van der Waals surface area contributed by atoms with Crippen molar-refractivity contribution in [2.45, 2.75) is 19.1 Å². The summed E-state index contributed by atoms with van der Waals surface area (Å²) in [4.78, 5) is 17.6. The number of imidazole rings is 1. The molecule has 1 aromatic carbocycles. The van der Waals surface area contributed by atoms with E-state index in [1.165, 1.54) is 0 Å². The monoisotopic (exact) mass is 339 g/mol. The van der Waals surface area contributed by atoms with Gasteiger partial charge in [0.05, 0.1) is 19.1 Å². The van der Waals surface area contributed by atoms with Crippen molar-refractivity contribution >= 4 is 5.97 Å². The van der Waals surface area contributed by atoms with Crippen LogP contribution in [0, 0.1) is 0 Å². The van der Waals surface area contributed by atoms with E-state index in [0.29, 0.717) is 25.2 Å². The average Bonchev–Trinajstić information content (AvgIpc) is 3.26. The molecule has 0 fully saturated rings. The van der Waals surface area contributed by atoms with Crippen LogP contribution in [0.3, 0.4) is 0 Å². The molecule has 0 amide bonds. The van der Waals surface area contributed by atoms with Gasteiger partial charge in [0.1, 0.15) is 6.04 Å². The summed E-state index contributed by atoms with van der Waals surface area (Å²) in [7, 11) is 1.81. The van der Waals surface area contributed by atoms with Crippen molar-refractivity contribution in [3.63, 3.8) is 0 Å². The summed E-state index contributed by atoms with van der Waals surface area (Å²) in [5.74, 6) is -0.882. The van der Waals surface area contributed by atoms with Crippen molar-refractivity contribution in [2.75, 3.05) is 13.6 Å². The number of carboxylic acid groups (broad SMARTS) is 1. The van der Waals surface area contributed by atoms with Gasteiger partial charge in [-0.1, -0.05) is 30.3 Å². The molecule has 3 rings (SSSR count). The highest BCUT2D eigenvalue weighted by atomic mass is 16.4. The lowest BCUT2D eigenvalue weighted by Crippen LogP contribution is -2.33. The van der Waals surface area contributed by atoms with Crippen LogP contribution in [0.15, 0.2) is 61.4 Å². The minimum absolute atomic E-state index is 0.594.